The standard InChI is InChI=1S/C10H17ClN2OS2/c1-4-7(6-15-3)13(2)10-12-9(11)8(5-14)16-10/h7,14H,4-6H2,1-3H3. The number of hydrogen-bond donors (Lipinski definition) is 1. The summed E-state index contributed by atoms with van der Waals surface area (Å²) in [5.41, 5.74) is 0. The van der Waals surface area contributed by atoms with Crippen molar-refractivity contribution in [1.82, 2.24) is 4.98 Å². The highest BCUT2D eigenvalue weighted by Crippen LogP contribution is 2.30. The van der Waals surface area contributed by atoms with Gasteiger partial charge < -0.3 is 10.0 Å². The van der Waals surface area contributed by atoms with Gasteiger partial charge in [-0.15, -0.1) is 0 Å². The molecule has 0 saturated carbocycles. The summed E-state index contributed by atoms with van der Waals surface area (Å²) in [6.07, 6.45) is 3.17. The predicted octanol–water partition coefficient (Wildman–Crippen LogP) is 2.87. The van der Waals surface area contributed by atoms with Gasteiger partial charge in [-0.1, -0.05) is 29.9 Å². The van der Waals surface area contributed by atoms with E-state index in [1.165, 1.54) is 11.3 Å². The lowest BCUT2D eigenvalue weighted by molar-refractivity contribution is 0.285. The molecule has 1 heterocycles. The molecule has 0 aliphatic rings. The van der Waals surface area contributed by atoms with Crippen LogP contribution in [0.4, 0.5) is 5.13 Å². The molecule has 1 aromatic rings. The summed E-state index contributed by atoms with van der Waals surface area (Å²) in [5, 5.41) is 10.4. The fourth-order valence-electron chi connectivity index (χ4n) is 1.42. The van der Waals surface area contributed by atoms with Crippen molar-refractivity contribution in [3.63, 3.8) is 0 Å². The topological polar surface area (TPSA) is 36.4 Å². The summed E-state index contributed by atoms with van der Waals surface area (Å²) >= 11 is 9.21. The van der Waals surface area contributed by atoms with Crippen LogP contribution >= 0.6 is 34.7 Å². The lowest BCUT2D eigenvalue weighted by Crippen LogP contribution is -2.32. The van der Waals surface area contributed by atoms with Crippen LogP contribution in [0.5, 0.6) is 0 Å². The Balaban J connectivity index is 2.81. The van der Waals surface area contributed by atoms with Crippen molar-refractivity contribution in [3.8, 4) is 0 Å². The molecule has 1 unspecified atom stereocenters. The first-order chi connectivity index (χ1) is 7.63. The van der Waals surface area contributed by atoms with E-state index in [0.29, 0.717) is 11.2 Å². The summed E-state index contributed by atoms with van der Waals surface area (Å²) in [6.45, 7) is 2.13. The van der Waals surface area contributed by atoms with Crippen molar-refractivity contribution in [2.75, 3.05) is 24.0 Å². The first kappa shape index (κ1) is 14.1. The molecule has 1 N–H and O–H groups in total. The van der Waals surface area contributed by atoms with Crippen molar-refractivity contribution >= 4 is 39.8 Å². The van der Waals surface area contributed by atoms with Crippen LogP contribution in [-0.4, -0.2) is 35.2 Å². The third kappa shape index (κ3) is 3.26. The largest absolute Gasteiger partial charge is 0.391 e. The monoisotopic (exact) mass is 280 g/mol. The fourth-order valence-corrected chi connectivity index (χ4v) is 3.42. The highest BCUT2D eigenvalue weighted by Gasteiger charge is 2.17. The van der Waals surface area contributed by atoms with E-state index in [-0.39, 0.29) is 6.61 Å². The van der Waals surface area contributed by atoms with Crippen LogP contribution in [0.1, 0.15) is 18.2 Å². The third-order valence-electron chi connectivity index (χ3n) is 2.46. The quantitative estimate of drug-likeness (QED) is 0.869. The van der Waals surface area contributed by atoms with Crippen molar-refractivity contribution in [1.29, 1.82) is 0 Å². The van der Waals surface area contributed by atoms with Crippen LogP contribution in [0.2, 0.25) is 5.15 Å². The average molecular weight is 281 g/mol. The van der Waals surface area contributed by atoms with Gasteiger partial charge in [-0.2, -0.15) is 11.8 Å². The Labute approximate surface area is 110 Å². The van der Waals surface area contributed by atoms with E-state index in [2.05, 4.69) is 23.1 Å². The summed E-state index contributed by atoms with van der Waals surface area (Å²) in [4.78, 5) is 7.16. The molecule has 1 aromatic heterocycles. The van der Waals surface area contributed by atoms with Gasteiger partial charge in [-0.3, -0.25) is 0 Å². The van der Waals surface area contributed by atoms with Crippen LogP contribution in [0.25, 0.3) is 0 Å². The summed E-state index contributed by atoms with van der Waals surface area (Å²) < 4.78 is 0. The van der Waals surface area contributed by atoms with E-state index in [1.54, 1.807) is 0 Å². The minimum absolute atomic E-state index is 0.0380. The van der Waals surface area contributed by atoms with Crippen LogP contribution in [0.15, 0.2) is 0 Å². The number of thioether (sulfide) groups is 1. The maximum atomic E-state index is 9.08. The van der Waals surface area contributed by atoms with Crippen LogP contribution in [0, 0.1) is 0 Å². The van der Waals surface area contributed by atoms with Gasteiger partial charge in [0.25, 0.3) is 0 Å². The van der Waals surface area contributed by atoms with Gasteiger partial charge in [-0.25, -0.2) is 4.98 Å². The molecule has 1 atom stereocenters. The van der Waals surface area contributed by atoms with Crippen LogP contribution in [0.3, 0.4) is 0 Å². The van der Waals surface area contributed by atoms with Gasteiger partial charge in [-0.05, 0) is 12.7 Å². The zero-order valence-corrected chi connectivity index (χ0v) is 12.1. The zero-order chi connectivity index (χ0) is 12.1. The minimum Gasteiger partial charge on any atom is -0.391 e. The number of aliphatic hydroxyl groups excluding tert-OH is 1. The molecule has 0 aromatic carbocycles. The molecule has 6 heteroatoms. The van der Waals surface area contributed by atoms with Crippen LogP contribution < -0.4 is 4.90 Å². The molecule has 0 aliphatic heterocycles. The van der Waals surface area contributed by atoms with Crippen molar-refractivity contribution < 1.29 is 5.11 Å². The first-order valence-electron chi connectivity index (χ1n) is 5.11. The van der Waals surface area contributed by atoms with E-state index in [9.17, 15) is 0 Å². The summed E-state index contributed by atoms with van der Waals surface area (Å²) in [6, 6.07) is 0.462. The Morgan fingerprint density at radius 2 is 2.31 bits per heavy atom. The average Bonchev–Trinajstić information content (AvgIpc) is 2.66. The molecule has 0 saturated heterocycles. The Morgan fingerprint density at radius 1 is 1.62 bits per heavy atom. The van der Waals surface area contributed by atoms with Crippen molar-refractivity contribution in [3.05, 3.63) is 10.0 Å². The molecule has 3 nitrogen and oxygen atoms in total. The second kappa shape index (κ2) is 6.69. The van der Waals surface area contributed by atoms with E-state index < -0.39 is 0 Å². The minimum atomic E-state index is -0.0380. The SMILES string of the molecule is CCC(CSC)N(C)c1nc(Cl)c(CO)s1. The van der Waals surface area contributed by atoms with E-state index in [1.807, 2.05) is 18.8 Å². The lowest BCUT2D eigenvalue weighted by Gasteiger charge is -2.25. The van der Waals surface area contributed by atoms with Gasteiger partial charge in [0.05, 0.1) is 11.5 Å². The first-order valence-corrected chi connectivity index (χ1v) is 7.70. The zero-order valence-electron chi connectivity index (χ0n) is 9.73. The van der Waals surface area contributed by atoms with E-state index in [4.69, 9.17) is 16.7 Å². The Bertz CT molecular complexity index is 333. The van der Waals surface area contributed by atoms with Crippen molar-refractivity contribution in [2.24, 2.45) is 0 Å². The van der Waals surface area contributed by atoms with Gasteiger partial charge in [0.15, 0.2) is 5.13 Å². The second-order valence-electron chi connectivity index (χ2n) is 3.50. The molecule has 16 heavy (non-hydrogen) atoms. The fraction of sp³-hybridized carbons (Fsp3) is 0.700. The van der Waals surface area contributed by atoms with Crippen molar-refractivity contribution in [2.45, 2.75) is 26.0 Å². The third-order valence-corrected chi connectivity index (χ3v) is 4.74. The number of nitrogens with zero attached hydrogens (tertiary/aromatic N) is 2. The number of anilines is 1. The molecule has 0 bridgehead atoms. The highest BCUT2D eigenvalue weighted by atomic mass is 35.5. The normalized spacial score (nSPS) is 12.8. The molecule has 0 radical (unpaired) electrons. The molecule has 92 valence electrons. The molecular weight excluding hydrogens is 264 g/mol. The van der Waals surface area contributed by atoms with E-state index >= 15 is 0 Å². The maximum Gasteiger partial charge on any atom is 0.187 e. The number of halogens is 1. The number of aliphatic hydroxyl groups is 1. The highest BCUT2D eigenvalue weighted by molar-refractivity contribution is 7.98. The number of aromatic nitrogens is 1. The van der Waals surface area contributed by atoms with E-state index in [0.717, 1.165) is 22.2 Å². The van der Waals surface area contributed by atoms with Crippen LogP contribution in [-0.2, 0) is 6.61 Å². The molecule has 0 aliphatic carbocycles. The second-order valence-corrected chi connectivity index (χ2v) is 5.83. The molecule has 1 rings (SSSR count). The predicted molar refractivity (Wildman–Crippen MR) is 73.9 cm³/mol. The Morgan fingerprint density at radius 3 is 2.75 bits per heavy atom. The Kier molecular flexibility index (Phi) is 5.89. The molecule has 0 amide bonds. The summed E-state index contributed by atoms with van der Waals surface area (Å²) in [5.74, 6) is 1.07. The molecule has 0 fully saturated rings. The maximum absolute atomic E-state index is 9.08. The number of rotatable bonds is 6. The lowest BCUT2D eigenvalue weighted by atomic mass is 10.2. The molecular formula is C10H17ClN2OS2. The smallest absolute Gasteiger partial charge is 0.187 e. The Hall–Kier alpha value is 0.0300. The van der Waals surface area contributed by atoms with Gasteiger partial charge >= 0.3 is 0 Å². The van der Waals surface area contributed by atoms with Gasteiger partial charge in [0.2, 0.25) is 0 Å². The molecule has 0 spiro atoms. The number of thiazole rings is 1. The van der Waals surface area contributed by atoms with Gasteiger partial charge in [0.1, 0.15) is 5.15 Å². The summed E-state index contributed by atoms with van der Waals surface area (Å²) in [7, 11) is 2.03. The van der Waals surface area contributed by atoms with Gasteiger partial charge in [0, 0.05) is 18.8 Å². The number of hydrogen-bond acceptors (Lipinski definition) is 5.